The van der Waals surface area contributed by atoms with Crippen LogP contribution in [0.3, 0.4) is 0 Å². The second-order valence-electron chi connectivity index (χ2n) is 6.36. The average Bonchev–Trinajstić information content (AvgIpc) is 2.85. The van der Waals surface area contributed by atoms with E-state index in [-0.39, 0.29) is 10.8 Å². The third kappa shape index (κ3) is 4.52. The van der Waals surface area contributed by atoms with Crippen molar-refractivity contribution >= 4 is 0 Å². The van der Waals surface area contributed by atoms with Crippen LogP contribution in [0.2, 0.25) is 0 Å². The molecule has 0 atom stereocenters. The van der Waals surface area contributed by atoms with Crippen molar-refractivity contribution in [3.8, 4) is 0 Å². The molecule has 0 unspecified atom stereocenters. The molecule has 0 aromatic carbocycles. The Hall–Kier alpha value is -2.12. The minimum atomic E-state index is -0.495. The van der Waals surface area contributed by atoms with E-state index in [0.29, 0.717) is 11.7 Å². The van der Waals surface area contributed by atoms with Crippen molar-refractivity contribution in [2.75, 3.05) is 0 Å². The van der Waals surface area contributed by atoms with Gasteiger partial charge in [-0.25, -0.2) is 14.7 Å². The second kappa shape index (κ2) is 5.48. The van der Waals surface area contributed by atoms with Gasteiger partial charge in [0.1, 0.15) is 0 Å². The monoisotopic (exact) mass is 284 g/mol. The zero-order valence-electron chi connectivity index (χ0n) is 12.5. The smallest absolute Gasteiger partial charge is 0.392 e. The van der Waals surface area contributed by atoms with E-state index in [2.05, 4.69) is 24.9 Å². The Morgan fingerprint density at radius 2 is 1.55 bits per heavy atom. The lowest BCUT2D eigenvalue weighted by molar-refractivity contribution is 0.369. The van der Waals surface area contributed by atoms with Crippen LogP contribution in [0.1, 0.15) is 53.3 Å². The number of hydrogen-bond donors (Lipinski definition) is 2. The minimum Gasteiger partial charge on any atom is -0.392 e. The van der Waals surface area contributed by atoms with Gasteiger partial charge in [-0.3, -0.25) is 9.51 Å². The van der Waals surface area contributed by atoms with E-state index in [4.69, 9.17) is 4.42 Å². The van der Waals surface area contributed by atoms with Crippen LogP contribution in [0.25, 0.3) is 0 Å². The van der Waals surface area contributed by atoms with Gasteiger partial charge >= 0.3 is 11.5 Å². The van der Waals surface area contributed by atoms with Crippen LogP contribution in [0.15, 0.2) is 18.5 Å². The topological polar surface area (TPSA) is 118 Å². The third-order valence-electron chi connectivity index (χ3n) is 2.23. The van der Waals surface area contributed by atoms with Crippen molar-refractivity contribution in [2.24, 2.45) is 0 Å². The van der Waals surface area contributed by atoms with Crippen LogP contribution in [0.4, 0.5) is 0 Å². The molecule has 0 saturated carbocycles. The number of nitrogens with zero attached hydrogens (tertiary/aromatic N) is 2. The number of nitrogens with one attached hydrogen (secondary N) is 2. The second-order valence-corrected chi connectivity index (χ2v) is 6.36. The summed E-state index contributed by atoms with van der Waals surface area (Å²) in [4.78, 5) is 23.4. The highest BCUT2D eigenvalue weighted by Crippen LogP contribution is 2.17. The fourth-order valence-corrected chi connectivity index (χ4v) is 1.10. The van der Waals surface area contributed by atoms with E-state index in [9.17, 15) is 9.59 Å². The number of aromatic amines is 2. The Balaban J connectivity index is 0.000000200. The summed E-state index contributed by atoms with van der Waals surface area (Å²) >= 11 is 0. The van der Waals surface area contributed by atoms with Gasteiger partial charge in [-0.05, 0) is 0 Å². The van der Waals surface area contributed by atoms with Gasteiger partial charge in [0, 0.05) is 10.8 Å². The lowest BCUT2D eigenvalue weighted by Gasteiger charge is -2.11. The summed E-state index contributed by atoms with van der Waals surface area (Å²) in [7, 11) is 0. The van der Waals surface area contributed by atoms with Crippen molar-refractivity contribution in [2.45, 2.75) is 52.4 Å². The zero-order chi connectivity index (χ0) is 15.6. The Labute approximate surface area is 115 Å². The molecule has 112 valence electrons. The van der Waals surface area contributed by atoms with E-state index >= 15 is 0 Å². The summed E-state index contributed by atoms with van der Waals surface area (Å²) in [5.74, 6) is 0.0323. The molecular formula is C12H20N4O4. The molecule has 2 aromatic rings. The Morgan fingerprint density at radius 3 is 1.75 bits per heavy atom. The maximum atomic E-state index is 10.5. The summed E-state index contributed by atoms with van der Waals surface area (Å²) in [5, 5.41) is 9.43. The summed E-state index contributed by atoms with van der Waals surface area (Å²) in [6, 6.07) is 0. The fourth-order valence-electron chi connectivity index (χ4n) is 1.10. The normalized spacial score (nSPS) is 11.9. The van der Waals surface area contributed by atoms with Crippen LogP contribution in [-0.4, -0.2) is 20.3 Å². The molecule has 8 heteroatoms. The van der Waals surface area contributed by atoms with Crippen LogP contribution in [0.5, 0.6) is 0 Å². The highest BCUT2D eigenvalue weighted by atomic mass is 16.5. The molecule has 2 N–H and O–H groups in total. The van der Waals surface area contributed by atoms with Gasteiger partial charge in [0.25, 0.3) is 0 Å². The zero-order valence-corrected chi connectivity index (χ0v) is 12.5. The Morgan fingerprint density at radius 1 is 0.950 bits per heavy atom. The summed E-state index contributed by atoms with van der Waals surface area (Å²) in [5.41, 5.74) is -0.342. The number of H-pyrrole nitrogens is 2. The highest BCUT2D eigenvalue weighted by molar-refractivity contribution is 4.96. The summed E-state index contributed by atoms with van der Waals surface area (Å²) in [6.45, 7) is 11.6. The van der Waals surface area contributed by atoms with Gasteiger partial charge in [0.05, 0.1) is 0 Å². The summed E-state index contributed by atoms with van der Waals surface area (Å²) in [6.07, 6.45) is 0. The van der Waals surface area contributed by atoms with Gasteiger partial charge in [0.15, 0.2) is 5.82 Å². The van der Waals surface area contributed by atoms with Gasteiger partial charge in [-0.1, -0.05) is 46.7 Å². The van der Waals surface area contributed by atoms with Crippen LogP contribution < -0.4 is 11.5 Å². The van der Waals surface area contributed by atoms with E-state index < -0.39 is 11.5 Å². The standard InChI is InChI=1S/2C6H10N2O2/c1-6(2,3)4-7-8-5(9)10-4;1-6(2,3)4-7-5(9)10-8-4/h1-3H3,(H,8,9);1-3H3,(H,7,8,9). The Bertz CT molecular complexity index is 590. The molecule has 8 nitrogen and oxygen atoms in total. The van der Waals surface area contributed by atoms with Crippen LogP contribution in [0, 0.1) is 0 Å². The Kier molecular flexibility index (Phi) is 4.36. The molecule has 2 aromatic heterocycles. The molecular weight excluding hydrogens is 264 g/mol. The maximum Gasteiger partial charge on any atom is 0.438 e. The van der Waals surface area contributed by atoms with E-state index in [1.807, 2.05) is 41.5 Å². The lowest BCUT2D eigenvalue weighted by atomic mass is 9.96. The molecule has 20 heavy (non-hydrogen) atoms. The fraction of sp³-hybridized carbons (Fsp3) is 0.667. The van der Waals surface area contributed by atoms with Gasteiger partial charge < -0.3 is 4.42 Å². The molecule has 0 fully saturated rings. The first-order chi connectivity index (χ1) is 9.00. The van der Waals surface area contributed by atoms with E-state index in [1.54, 1.807) is 0 Å². The number of hydrogen-bond acceptors (Lipinski definition) is 6. The average molecular weight is 284 g/mol. The first-order valence-corrected chi connectivity index (χ1v) is 6.12. The van der Waals surface area contributed by atoms with Crippen LogP contribution in [-0.2, 0) is 10.8 Å². The molecule has 0 amide bonds. The molecule has 0 spiro atoms. The molecule has 2 heterocycles. The van der Waals surface area contributed by atoms with Crippen molar-refractivity contribution in [3.63, 3.8) is 0 Å². The van der Waals surface area contributed by atoms with Gasteiger partial charge in [-0.2, -0.15) is 0 Å². The van der Waals surface area contributed by atoms with Gasteiger partial charge in [-0.15, -0.1) is 5.10 Å². The quantitative estimate of drug-likeness (QED) is 0.753. The van der Waals surface area contributed by atoms with E-state index in [0.717, 1.165) is 0 Å². The molecule has 0 bridgehead atoms. The third-order valence-corrected chi connectivity index (χ3v) is 2.23. The largest absolute Gasteiger partial charge is 0.438 e. The van der Waals surface area contributed by atoms with Crippen molar-refractivity contribution in [1.82, 2.24) is 20.3 Å². The van der Waals surface area contributed by atoms with Crippen molar-refractivity contribution in [3.05, 3.63) is 32.8 Å². The van der Waals surface area contributed by atoms with E-state index in [1.165, 1.54) is 0 Å². The highest BCUT2D eigenvalue weighted by Gasteiger charge is 2.19. The molecule has 0 radical (unpaired) electrons. The van der Waals surface area contributed by atoms with Crippen LogP contribution >= 0.6 is 0 Å². The van der Waals surface area contributed by atoms with Crippen molar-refractivity contribution < 1.29 is 8.94 Å². The molecule has 0 saturated heterocycles. The number of rotatable bonds is 0. The SMILES string of the molecule is CC(C)(C)c1n[nH]c(=O)o1.CC(C)(C)c1noc(=O)[nH]1. The molecule has 0 aliphatic heterocycles. The first-order valence-electron chi connectivity index (χ1n) is 6.12. The molecule has 0 aliphatic rings. The number of aromatic nitrogens is 4. The first kappa shape index (κ1) is 15.9. The maximum absolute atomic E-state index is 10.5. The lowest BCUT2D eigenvalue weighted by Crippen LogP contribution is -2.14. The predicted molar refractivity (Wildman–Crippen MR) is 71.6 cm³/mol. The van der Waals surface area contributed by atoms with Gasteiger partial charge in [0.2, 0.25) is 5.89 Å². The molecule has 0 aliphatic carbocycles. The predicted octanol–water partition coefficient (Wildman–Crippen LogP) is 1.32. The minimum absolute atomic E-state index is 0.147. The van der Waals surface area contributed by atoms with Crippen molar-refractivity contribution in [1.29, 1.82) is 0 Å². The summed E-state index contributed by atoms with van der Waals surface area (Å²) < 4.78 is 9.06. The molecule has 2 rings (SSSR count).